The molecule has 1 aromatic carbocycles. The van der Waals surface area contributed by atoms with Gasteiger partial charge in [0.1, 0.15) is 0 Å². The Hall–Kier alpha value is -2.33. The number of aromatic amines is 1. The number of fused-ring (bicyclic) bond motifs is 1. The van der Waals surface area contributed by atoms with Crippen molar-refractivity contribution in [1.29, 1.82) is 0 Å². The van der Waals surface area contributed by atoms with E-state index in [0.717, 1.165) is 72.0 Å². The van der Waals surface area contributed by atoms with Crippen molar-refractivity contribution >= 4 is 28.4 Å². The van der Waals surface area contributed by atoms with E-state index in [9.17, 15) is 4.79 Å². The van der Waals surface area contributed by atoms with Gasteiger partial charge in [-0.1, -0.05) is 24.6 Å². The van der Waals surface area contributed by atoms with Crippen molar-refractivity contribution in [3.05, 3.63) is 53.2 Å². The summed E-state index contributed by atoms with van der Waals surface area (Å²) in [5.74, 6) is 1.02. The molecule has 0 radical (unpaired) electrons. The summed E-state index contributed by atoms with van der Waals surface area (Å²) in [5, 5.41) is 1.84. The number of H-pyrrole nitrogens is 1. The summed E-state index contributed by atoms with van der Waals surface area (Å²) in [6.45, 7) is 4.08. The van der Waals surface area contributed by atoms with Crippen molar-refractivity contribution in [2.24, 2.45) is 5.92 Å². The second kappa shape index (κ2) is 8.36. The number of benzene rings is 1. The van der Waals surface area contributed by atoms with Gasteiger partial charge in [0.15, 0.2) is 0 Å². The van der Waals surface area contributed by atoms with Crippen molar-refractivity contribution in [3.8, 4) is 11.4 Å². The first kappa shape index (κ1) is 19.0. The van der Waals surface area contributed by atoms with E-state index < -0.39 is 0 Å². The summed E-state index contributed by atoms with van der Waals surface area (Å²) >= 11 is 6.25. The molecule has 2 aromatic heterocycles. The number of aromatic nitrogens is 2. The molecule has 1 fully saturated rings. The van der Waals surface area contributed by atoms with E-state index in [-0.39, 0.29) is 5.91 Å². The number of nitrogens with zero attached hydrogens (tertiary/aromatic N) is 2. The molecule has 3 heterocycles. The van der Waals surface area contributed by atoms with Crippen LogP contribution in [0, 0.1) is 5.92 Å². The van der Waals surface area contributed by atoms with Crippen LogP contribution in [0.4, 0.5) is 0 Å². The van der Waals surface area contributed by atoms with Crippen LogP contribution in [0.15, 0.2) is 42.6 Å². The first-order valence-electron chi connectivity index (χ1n) is 10.1. The van der Waals surface area contributed by atoms with Crippen LogP contribution in [0.25, 0.3) is 22.3 Å². The molecule has 1 aliphatic heterocycles. The molecular formula is C23H26ClN3O. The number of likely N-dealkylation sites (tertiary alicyclic amines) is 1. The lowest BCUT2D eigenvalue weighted by Crippen LogP contribution is -2.37. The fourth-order valence-electron chi connectivity index (χ4n) is 4.04. The second-order valence-corrected chi connectivity index (χ2v) is 8.24. The average molecular weight is 396 g/mol. The van der Waals surface area contributed by atoms with Crippen LogP contribution < -0.4 is 0 Å². The SMILES string of the molecule is CC1CCN(C(=O)CCCc2c(-c3ccccn3)[nH]c3ccc(Cl)cc23)CC1. The minimum atomic E-state index is 0.282. The van der Waals surface area contributed by atoms with E-state index in [4.69, 9.17) is 11.6 Å². The largest absolute Gasteiger partial charge is 0.353 e. The van der Waals surface area contributed by atoms with Crippen LogP contribution in [0.2, 0.25) is 5.02 Å². The Balaban J connectivity index is 1.52. The monoisotopic (exact) mass is 395 g/mol. The predicted octanol–water partition coefficient (Wildman–Crippen LogP) is 5.46. The molecule has 1 amide bonds. The third kappa shape index (κ3) is 4.07. The number of carbonyl (C=O) groups is 1. The van der Waals surface area contributed by atoms with Gasteiger partial charge in [0, 0.05) is 41.6 Å². The molecule has 0 atom stereocenters. The van der Waals surface area contributed by atoms with Crippen LogP contribution in [0.5, 0.6) is 0 Å². The van der Waals surface area contributed by atoms with Crippen LogP contribution in [0.1, 0.15) is 38.2 Å². The molecule has 1 aliphatic rings. The molecular weight excluding hydrogens is 370 g/mol. The zero-order valence-electron chi connectivity index (χ0n) is 16.2. The molecule has 28 heavy (non-hydrogen) atoms. The zero-order chi connectivity index (χ0) is 19.5. The molecule has 0 saturated carbocycles. The molecule has 1 saturated heterocycles. The minimum Gasteiger partial charge on any atom is -0.353 e. The topological polar surface area (TPSA) is 49.0 Å². The molecule has 0 unspecified atom stereocenters. The summed E-state index contributed by atoms with van der Waals surface area (Å²) < 4.78 is 0. The Bertz CT molecular complexity index is 959. The fraction of sp³-hybridized carbons (Fsp3) is 0.391. The summed E-state index contributed by atoms with van der Waals surface area (Å²) in [5.41, 5.74) is 4.19. The van der Waals surface area contributed by atoms with Crippen LogP contribution in [-0.4, -0.2) is 33.9 Å². The molecule has 146 valence electrons. The smallest absolute Gasteiger partial charge is 0.222 e. The number of amides is 1. The third-order valence-electron chi connectivity index (χ3n) is 5.74. The van der Waals surface area contributed by atoms with Gasteiger partial charge in [0.05, 0.1) is 11.4 Å². The van der Waals surface area contributed by atoms with Gasteiger partial charge >= 0.3 is 0 Å². The lowest BCUT2D eigenvalue weighted by atomic mass is 9.98. The number of hydrogen-bond donors (Lipinski definition) is 1. The first-order valence-corrected chi connectivity index (χ1v) is 10.5. The fourth-order valence-corrected chi connectivity index (χ4v) is 4.21. The third-order valence-corrected chi connectivity index (χ3v) is 5.98. The van der Waals surface area contributed by atoms with Gasteiger partial charge in [-0.25, -0.2) is 0 Å². The van der Waals surface area contributed by atoms with Gasteiger partial charge in [0.2, 0.25) is 5.91 Å². The summed E-state index contributed by atoms with van der Waals surface area (Å²) in [6.07, 6.45) is 6.28. The maximum Gasteiger partial charge on any atom is 0.222 e. The van der Waals surface area contributed by atoms with E-state index >= 15 is 0 Å². The van der Waals surface area contributed by atoms with Crippen LogP contribution in [-0.2, 0) is 11.2 Å². The minimum absolute atomic E-state index is 0.282. The van der Waals surface area contributed by atoms with Gasteiger partial charge in [-0.05, 0) is 67.5 Å². The number of aryl methyl sites for hydroxylation is 1. The average Bonchev–Trinajstić information content (AvgIpc) is 3.07. The highest BCUT2D eigenvalue weighted by molar-refractivity contribution is 6.31. The number of halogens is 1. The molecule has 0 aliphatic carbocycles. The first-order chi connectivity index (χ1) is 13.6. The van der Waals surface area contributed by atoms with Crippen molar-refractivity contribution in [3.63, 3.8) is 0 Å². The molecule has 0 spiro atoms. The Morgan fingerprint density at radius 2 is 2.07 bits per heavy atom. The van der Waals surface area contributed by atoms with E-state index in [1.54, 1.807) is 6.20 Å². The molecule has 5 heteroatoms. The predicted molar refractivity (Wildman–Crippen MR) is 114 cm³/mol. The van der Waals surface area contributed by atoms with E-state index in [1.165, 1.54) is 5.56 Å². The number of nitrogens with one attached hydrogen (secondary N) is 1. The number of piperidine rings is 1. The standard InChI is InChI=1S/C23H26ClN3O/c1-16-10-13-27(14-11-16)22(28)7-4-5-18-19-15-17(24)8-9-20(19)26-23(18)21-6-2-3-12-25-21/h2-3,6,8-9,12,15-16,26H,4-5,7,10-11,13-14H2,1H3. The van der Waals surface area contributed by atoms with Crippen molar-refractivity contribution in [2.75, 3.05) is 13.1 Å². The van der Waals surface area contributed by atoms with Gasteiger partial charge in [-0.15, -0.1) is 0 Å². The van der Waals surface area contributed by atoms with E-state index in [2.05, 4.69) is 16.9 Å². The number of rotatable bonds is 5. The number of pyridine rings is 1. The second-order valence-electron chi connectivity index (χ2n) is 7.80. The highest BCUT2D eigenvalue weighted by atomic mass is 35.5. The van der Waals surface area contributed by atoms with Crippen molar-refractivity contribution in [2.45, 2.75) is 39.0 Å². The van der Waals surface area contributed by atoms with E-state index in [1.807, 2.05) is 41.3 Å². The van der Waals surface area contributed by atoms with E-state index in [0.29, 0.717) is 6.42 Å². The Labute approximate surface area is 170 Å². The van der Waals surface area contributed by atoms with Crippen LogP contribution >= 0.6 is 11.6 Å². The van der Waals surface area contributed by atoms with Crippen molar-refractivity contribution in [1.82, 2.24) is 14.9 Å². The maximum absolute atomic E-state index is 12.6. The Kier molecular flexibility index (Phi) is 5.67. The normalized spacial score (nSPS) is 15.3. The molecule has 0 bridgehead atoms. The molecule has 3 aromatic rings. The van der Waals surface area contributed by atoms with Crippen LogP contribution in [0.3, 0.4) is 0 Å². The highest BCUT2D eigenvalue weighted by Gasteiger charge is 2.20. The molecule has 1 N–H and O–H groups in total. The Morgan fingerprint density at radius 3 is 2.82 bits per heavy atom. The number of carbonyl (C=O) groups excluding carboxylic acids is 1. The molecule has 4 rings (SSSR count). The number of hydrogen-bond acceptors (Lipinski definition) is 2. The summed E-state index contributed by atoms with van der Waals surface area (Å²) in [7, 11) is 0. The van der Waals surface area contributed by atoms with Gasteiger partial charge in [-0.3, -0.25) is 9.78 Å². The maximum atomic E-state index is 12.6. The van der Waals surface area contributed by atoms with Gasteiger partial charge < -0.3 is 9.88 Å². The lowest BCUT2D eigenvalue weighted by Gasteiger charge is -2.30. The highest BCUT2D eigenvalue weighted by Crippen LogP contribution is 2.32. The molecule has 4 nitrogen and oxygen atoms in total. The van der Waals surface area contributed by atoms with Gasteiger partial charge in [-0.2, -0.15) is 0 Å². The summed E-state index contributed by atoms with van der Waals surface area (Å²) in [4.78, 5) is 22.6. The Morgan fingerprint density at radius 1 is 1.25 bits per heavy atom. The lowest BCUT2D eigenvalue weighted by molar-refractivity contribution is -0.132. The quantitative estimate of drug-likeness (QED) is 0.623. The zero-order valence-corrected chi connectivity index (χ0v) is 17.0. The van der Waals surface area contributed by atoms with Crippen molar-refractivity contribution < 1.29 is 4.79 Å². The van der Waals surface area contributed by atoms with Gasteiger partial charge in [0.25, 0.3) is 0 Å². The summed E-state index contributed by atoms with van der Waals surface area (Å²) in [6, 6.07) is 11.8.